The van der Waals surface area contributed by atoms with Crippen molar-refractivity contribution in [2.75, 3.05) is 5.32 Å². The summed E-state index contributed by atoms with van der Waals surface area (Å²) in [5, 5.41) is 22.1. The van der Waals surface area contributed by atoms with E-state index in [1.165, 1.54) is 38.5 Å². The highest BCUT2D eigenvalue weighted by atomic mass is 19.4. The number of benzene rings is 1. The SMILES string of the molecule is Cc1ccc2nc(C(=O)NC(C)C34CC5CC(CC(C5)C3)C4)nc(NC3CCCCC3N=C(N)N)c2c1.O=C(O)C(F)(F)F.O=C(O)C(F)(F)F. The van der Waals surface area contributed by atoms with Gasteiger partial charge in [0.05, 0.1) is 17.6 Å². The fraction of sp³-hybridized carbons (Fsp3) is 0.636. The first-order valence-electron chi connectivity index (χ1n) is 16.7. The predicted octanol–water partition coefficient (Wildman–Crippen LogP) is 5.54. The third-order valence-electron chi connectivity index (χ3n) is 10.3. The van der Waals surface area contributed by atoms with Crippen molar-refractivity contribution in [3.05, 3.63) is 29.6 Å². The summed E-state index contributed by atoms with van der Waals surface area (Å²) in [6, 6.07) is 6.24. The van der Waals surface area contributed by atoms with Gasteiger partial charge in [-0.05, 0) is 101 Å². The van der Waals surface area contributed by atoms with Crippen LogP contribution in [0.5, 0.6) is 0 Å². The van der Waals surface area contributed by atoms with Crippen LogP contribution in [0.2, 0.25) is 0 Å². The van der Waals surface area contributed by atoms with Gasteiger partial charge in [0.1, 0.15) is 5.82 Å². The molecule has 5 fully saturated rings. The fourth-order valence-corrected chi connectivity index (χ4v) is 8.38. The van der Waals surface area contributed by atoms with E-state index in [9.17, 15) is 31.1 Å². The van der Waals surface area contributed by atoms with E-state index < -0.39 is 24.3 Å². The fourth-order valence-electron chi connectivity index (χ4n) is 8.38. The number of fused-ring (bicyclic) bond motifs is 1. The Morgan fingerprint density at radius 3 is 1.90 bits per heavy atom. The molecule has 0 saturated heterocycles. The lowest BCUT2D eigenvalue weighted by molar-refractivity contribution is -0.193. The molecular weight excluding hydrogens is 688 g/mol. The van der Waals surface area contributed by atoms with Gasteiger partial charge in [0.15, 0.2) is 5.96 Å². The molecule has 5 aliphatic rings. The molecule has 51 heavy (non-hydrogen) atoms. The van der Waals surface area contributed by atoms with Crippen molar-refractivity contribution in [1.82, 2.24) is 15.3 Å². The molecule has 8 N–H and O–H groups in total. The molecule has 5 saturated carbocycles. The Morgan fingerprint density at radius 1 is 0.902 bits per heavy atom. The van der Waals surface area contributed by atoms with Crippen molar-refractivity contribution in [1.29, 1.82) is 0 Å². The summed E-state index contributed by atoms with van der Waals surface area (Å²) < 4.78 is 63.5. The first-order valence-corrected chi connectivity index (χ1v) is 16.7. The molecule has 0 radical (unpaired) electrons. The second-order valence-corrected chi connectivity index (χ2v) is 14.2. The Balaban J connectivity index is 0.000000353. The number of carboxylic acids is 2. The summed E-state index contributed by atoms with van der Waals surface area (Å²) in [4.78, 5) is 45.4. The second-order valence-electron chi connectivity index (χ2n) is 14.2. The summed E-state index contributed by atoms with van der Waals surface area (Å²) in [6.45, 7) is 4.26. The van der Waals surface area contributed by atoms with Gasteiger partial charge in [0.2, 0.25) is 5.82 Å². The molecule has 1 aromatic heterocycles. The summed E-state index contributed by atoms with van der Waals surface area (Å²) >= 11 is 0. The number of guanidine groups is 1. The molecule has 18 heteroatoms. The molecule has 3 atom stereocenters. The zero-order chi connectivity index (χ0) is 37.9. The van der Waals surface area contributed by atoms with Crippen LogP contribution >= 0.6 is 0 Å². The highest BCUT2D eigenvalue weighted by molar-refractivity contribution is 5.97. The van der Waals surface area contributed by atoms with Crippen LogP contribution < -0.4 is 22.1 Å². The number of alkyl halides is 6. The molecule has 2 aromatic rings. The lowest BCUT2D eigenvalue weighted by atomic mass is 9.48. The monoisotopic (exact) mass is 731 g/mol. The molecule has 12 nitrogen and oxygen atoms in total. The Bertz CT molecular complexity index is 1570. The molecule has 4 bridgehead atoms. The smallest absolute Gasteiger partial charge is 0.475 e. The number of hydrogen-bond acceptors (Lipinski definition) is 7. The lowest BCUT2D eigenvalue weighted by Gasteiger charge is -2.59. The van der Waals surface area contributed by atoms with Gasteiger partial charge in [0, 0.05) is 11.4 Å². The Labute approximate surface area is 289 Å². The Morgan fingerprint density at radius 2 is 1.41 bits per heavy atom. The summed E-state index contributed by atoms with van der Waals surface area (Å²) in [6.07, 6.45) is 1.83. The summed E-state index contributed by atoms with van der Waals surface area (Å²) in [5.74, 6) is -2.15. The third-order valence-corrected chi connectivity index (χ3v) is 10.3. The van der Waals surface area contributed by atoms with E-state index in [4.69, 9.17) is 41.2 Å². The van der Waals surface area contributed by atoms with Gasteiger partial charge < -0.3 is 32.3 Å². The van der Waals surface area contributed by atoms with Crippen molar-refractivity contribution in [3.8, 4) is 0 Å². The molecule has 5 aliphatic carbocycles. The standard InChI is InChI=1S/C29H41N7O.2C2HF3O2/c1-16-7-8-22-21(9-16)25(34-23-5-3-4-6-24(23)35-28(30)31)36-26(33-22)27(37)32-17(2)29-13-18-10-19(14-29)12-20(11-18)15-29;2*3-2(4,5)1(6)7/h7-9,17-20,23-24H,3-6,10-15H2,1-2H3,(H,32,37)(H4,30,31,35)(H,33,34,36);2*(H,6,7). The average molecular weight is 732 g/mol. The van der Waals surface area contributed by atoms with Gasteiger partial charge in [-0.25, -0.2) is 24.5 Å². The predicted molar refractivity (Wildman–Crippen MR) is 175 cm³/mol. The number of carbonyl (C=O) groups excluding carboxylic acids is 1. The maximum absolute atomic E-state index is 13.6. The van der Waals surface area contributed by atoms with Crippen molar-refractivity contribution in [2.24, 2.45) is 39.6 Å². The molecule has 0 aliphatic heterocycles. The normalized spacial score (nSPS) is 27.2. The molecule has 7 rings (SSSR count). The molecule has 1 aromatic carbocycles. The van der Waals surface area contributed by atoms with Crippen LogP contribution in [0.25, 0.3) is 10.9 Å². The van der Waals surface area contributed by atoms with E-state index in [-0.39, 0.29) is 41.2 Å². The largest absolute Gasteiger partial charge is 0.490 e. The number of nitrogens with one attached hydrogen (secondary N) is 2. The van der Waals surface area contributed by atoms with E-state index in [1.54, 1.807) is 0 Å². The molecular formula is C33H43F6N7O5. The van der Waals surface area contributed by atoms with Crippen LogP contribution in [0.15, 0.2) is 23.2 Å². The van der Waals surface area contributed by atoms with Crippen LogP contribution in [-0.4, -0.2) is 74.5 Å². The van der Waals surface area contributed by atoms with E-state index in [0.717, 1.165) is 59.9 Å². The average Bonchev–Trinajstić information content (AvgIpc) is 3.01. The molecule has 282 valence electrons. The van der Waals surface area contributed by atoms with Crippen LogP contribution in [0.1, 0.15) is 87.3 Å². The lowest BCUT2D eigenvalue weighted by Crippen LogP contribution is -2.56. The summed E-state index contributed by atoms with van der Waals surface area (Å²) in [7, 11) is 0. The zero-order valence-electron chi connectivity index (χ0n) is 28.2. The van der Waals surface area contributed by atoms with Crippen LogP contribution in [0, 0.1) is 30.1 Å². The number of amides is 1. The highest BCUT2D eigenvalue weighted by Crippen LogP contribution is 2.61. The minimum absolute atomic E-state index is 0.0121. The number of nitrogens with two attached hydrogens (primary N) is 2. The van der Waals surface area contributed by atoms with Gasteiger partial charge in [-0.1, -0.05) is 24.5 Å². The van der Waals surface area contributed by atoms with Crippen molar-refractivity contribution >= 4 is 40.5 Å². The van der Waals surface area contributed by atoms with E-state index in [2.05, 4.69) is 35.5 Å². The van der Waals surface area contributed by atoms with Gasteiger partial charge in [-0.15, -0.1) is 0 Å². The van der Waals surface area contributed by atoms with Gasteiger partial charge in [0.25, 0.3) is 5.91 Å². The van der Waals surface area contributed by atoms with Gasteiger partial charge >= 0.3 is 24.3 Å². The number of aliphatic carboxylic acids is 2. The topological polar surface area (TPSA) is 206 Å². The Hall–Kier alpha value is -4.38. The van der Waals surface area contributed by atoms with Crippen molar-refractivity contribution in [2.45, 2.75) is 109 Å². The molecule has 1 heterocycles. The second kappa shape index (κ2) is 15.5. The number of aryl methyl sites for hydroxylation is 1. The number of aliphatic imine (C=N–C) groups is 1. The first kappa shape index (κ1) is 39.4. The summed E-state index contributed by atoms with van der Waals surface area (Å²) in [5.41, 5.74) is 13.6. The van der Waals surface area contributed by atoms with E-state index in [1.807, 2.05) is 12.1 Å². The minimum atomic E-state index is -5.08. The number of aromatic nitrogens is 2. The maximum atomic E-state index is 13.6. The van der Waals surface area contributed by atoms with Crippen LogP contribution in [0.4, 0.5) is 32.2 Å². The number of carbonyl (C=O) groups is 3. The van der Waals surface area contributed by atoms with E-state index >= 15 is 0 Å². The van der Waals surface area contributed by atoms with Gasteiger partial charge in [-0.3, -0.25) is 4.79 Å². The number of rotatable bonds is 6. The highest BCUT2D eigenvalue weighted by Gasteiger charge is 2.53. The quantitative estimate of drug-likeness (QED) is 0.124. The molecule has 0 spiro atoms. The van der Waals surface area contributed by atoms with Crippen molar-refractivity contribution in [3.63, 3.8) is 0 Å². The van der Waals surface area contributed by atoms with E-state index in [0.29, 0.717) is 5.82 Å². The number of carboxylic acid groups (broad SMARTS) is 2. The zero-order valence-corrected chi connectivity index (χ0v) is 28.2. The number of anilines is 1. The third kappa shape index (κ3) is 10.1. The van der Waals surface area contributed by atoms with Crippen LogP contribution in [-0.2, 0) is 9.59 Å². The van der Waals surface area contributed by atoms with Crippen LogP contribution in [0.3, 0.4) is 0 Å². The maximum Gasteiger partial charge on any atom is 0.490 e. The van der Waals surface area contributed by atoms with Crippen molar-refractivity contribution < 1.29 is 50.9 Å². The first-order chi connectivity index (χ1) is 23.7. The van der Waals surface area contributed by atoms with Gasteiger partial charge in [-0.2, -0.15) is 26.3 Å². The molecule has 3 unspecified atom stereocenters. The molecule has 1 amide bonds. The number of nitrogens with zero attached hydrogens (tertiary/aromatic N) is 3. The minimum Gasteiger partial charge on any atom is -0.475 e. The number of halogens is 6. The number of hydrogen-bond donors (Lipinski definition) is 6. The Kier molecular flexibility index (Phi) is 12.0.